The number of carbonyl (C=O) groups excluding carboxylic acids is 2. The summed E-state index contributed by atoms with van der Waals surface area (Å²) in [6.07, 6.45) is 0.650. The molecule has 0 radical (unpaired) electrons. The highest BCUT2D eigenvalue weighted by atomic mass is 28.3. The zero-order valence-electron chi connectivity index (χ0n) is 20.4. The molecule has 7 nitrogen and oxygen atoms in total. The monoisotopic (exact) mass is 506 g/mol. The number of benzene rings is 2. The number of rotatable bonds is 12. The first-order valence-corrected chi connectivity index (χ1v) is 14.8. The van der Waals surface area contributed by atoms with Crippen LogP contribution in [0.2, 0.25) is 19.6 Å². The highest BCUT2D eigenvalue weighted by Crippen LogP contribution is 2.21. The molecule has 0 bridgehead atoms. The van der Waals surface area contributed by atoms with E-state index >= 15 is 0 Å². The molecule has 2 aromatic carbocycles. The normalized spacial score (nSPS) is 12.2. The zero-order chi connectivity index (χ0) is 26.2. The smallest absolute Gasteiger partial charge is 0.303 e. The Kier molecular flexibility index (Phi) is 10.1. The Morgan fingerprint density at radius 1 is 1.00 bits per heavy atom. The Labute approximate surface area is 204 Å². The summed E-state index contributed by atoms with van der Waals surface area (Å²) >= 11 is 0. The van der Waals surface area contributed by atoms with Crippen LogP contribution in [0.25, 0.3) is 0 Å². The van der Waals surface area contributed by atoms with Gasteiger partial charge in [-0.2, -0.15) is 0 Å². The first-order chi connectivity index (χ1) is 16.4. The number of carboxylic acids is 1. The average molecular weight is 507 g/mol. The molecule has 0 aromatic heterocycles. The summed E-state index contributed by atoms with van der Waals surface area (Å²) < 4.78 is 34.4. The maximum atomic E-state index is 14.7. The van der Waals surface area contributed by atoms with Crippen molar-refractivity contribution in [1.29, 1.82) is 0 Å². The first kappa shape index (κ1) is 28.1. The molecule has 2 amide bonds. The third-order valence-corrected chi connectivity index (χ3v) is 7.27. The number of halogens is 2. The molecule has 0 saturated carbocycles. The van der Waals surface area contributed by atoms with Gasteiger partial charge in [0.15, 0.2) is 0 Å². The second-order valence-corrected chi connectivity index (χ2v) is 14.3. The first-order valence-electron chi connectivity index (χ1n) is 11.3. The third-order valence-electron chi connectivity index (χ3n) is 5.30. The summed E-state index contributed by atoms with van der Waals surface area (Å²) in [5.74, 6) is -3.49. The van der Waals surface area contributed by atoms with Gasteiger partial charge >= 0.3 is 5.97 Å². The van der Waals surface area contributed by atoms with Crippen LogP contribution in [0.5, 0.6) is 0 Å². The van der Waals surface area contributed by atoms with E-state index in [0.717, 1.165) is 17.7 Å². The molecule has 35 heavy (non-hydrogen) atoms. The second kappa shape index (κ2) is 12.5. The zero-order valence-corrected chi connectivity index (χ0v) is 21.4. The van der Waals surface area contributed by atoms with Gasteiger partial charge in [0.05, 0.1) is 14.7 Å². The van der Waals surface area contributed by atoms with Crippen LogP contribution in [0.15, 0.2) is 36.4 Å². The second-order valence-electron chi connectivity index (χ2n) is 9.33. The van der Waals surface area contributed by atoms with Crippen LogP contribution in [-0.4, -0.2) is 38.1 Å². The van der Waals surface area contributed by atoms with Crippen molar-refractivity contribution in [3.63, 3.8) is 0 Å². The number of anilines is 1. The summed E-state index contributed by atoms with van der Waals surface area (Å²) in [7, 11) is -0.728. The van der Waals surface area contributed by atoms with Crippen LogP contribution in [0, 0.1) is 11.6 Å². The average Bonchev–Trinajstić information content (AvgIpc) is 2.74. The van der Waals surface area contributed by atoms with Crippen LogP contribution in [0.4, 0.5) is 14.5 Å². The van der Waals surface area contributed by atoms with E-state index < -0.39 is 43.5 Å². The molecule has 0 aliphatic carbocycles. The number of nitrogens with one attached hydrogen (secondary N) is 2. The molecule has 0 spiro atoms. The number of carbonyl (C=O) groups is 3. The third kappa shape index (κ3) is 8.56. The Bertz CT molecular complexity index is 1030. The lowest BCUT2D eigenvalue weighted by Gasteiger charge is -2.21. The van der Waals surface area contributed by atoms with E-state index in [-0.39, 0.29) is 23.7 Å². The van der Waals surface area contributed by atoms with Crippen LogP contribution in [0.1, 0.15) is 42.9 Å². The Hall–Kier alpha value is -3.11. The number of methoxy groups -OCH3 is 1. The van der Waals surface area contributed by atoms with E-state index in [2.05, 4.69) is 10.6 Å². The van der Waals surface area contributed by atoms with Gasteiger partial charge in [0.25, 0.3) is 5.91 Å². The van der Waals surface area contributed by atoms with Gasteiger partial charge in [0.1, 0.15) is 17.7 Å². The van der Waals surface area contributed by atoms with E-state index in [0.29, 0.717) is 25.0 Å². The summed E-state index contributed by atoms with van der Waals surface area (Å²) in [4.78, 5) is 36.3. The predicted octanol–water partition coefficient (Wildman–Crippen LogP) is 4.10. The lowest BCUT2D eigenvalue weighted by molar-refractivity contribution is -0.137. The van der Waals surface area contributed by atoms with Gasteiger partial charge in [0, 0.05) is 30.8 Å². The van der Waals surface area contributed by atoms with Crippen molar-refractivity contribution in [1.82, 2.24) is 5.32 Å². The van der Waals surface area contributed by atoms with Crippen LogP contribution in [-0.2, 0) is 25.7 Å². The maximum Gasteiger partial charge on any atom is 0.303 e. The fraction of sp³-hybridized carbons (Fsp3) is 0.400. The lowest BCUT2D eigenvalue weighted by atomic mass is 10.0. The minimum Gasteiger partial charge on any atom is -0.481 e. The van der Waals surface area contributed by atoms with E-state index in [1.165, 1.54) is 0 Å². The van der Waals surface area contributed by atoms with Crippen molar-refractivity contribution < 1.29 is 33.0 Å². The van der Waals surface area contributed by atoms with Crippen molar-refractivity contribution in [3.8, 4) is 0 Å². The molecule has 2 aromatic rings. The Morgan fingerprint density at radius 2 is 1.57 bits per heavy atom. The predicted molar refractivity (Wildman–Crippen MR) is 132 cm³/mol. The number of aliphatic carboxylic acids is 1. The molecule has 0 aliphatic rings. The van der Waals surface area contributed by atoms with Crippen LogP contribution in [0.3, 0.4) is 0 Å². The molecule has 3 N–H and O–H groups in total. The summed E-state index contributed by atoms with van der Waals surface area (Å²) in [6, 6.07) is 7.88. The van der Waals surface area contributed by atoms with Gasteiger partial charge in [0.2, 0.25) is 5.91 Å². The van der Waals surface area contributed by atoms with Gasteiger partial charge in [-0.1, -0.05) is 43.9 Å². The molecule has 0 fully saturated rings. The highest BCUT2D eigenvalue weighted by molar-refractivity contribution is 6.88. The SMILES string of the molecule is COCc1ccc([C@@H](NC(=O)CCCCC(=O)O)C(=O)Nc2cc(F)c([Si](C)(C)C)c(F)c2)cc1. The van der Waals surface area contributed by atoms with Crippen molar-refractivity contribution in [2.45, 2.75) is 58.0 Å². The molecule has 190 valence electrons. The summed E-state index contributed by atoms with van der Waals surface area (Å²) in [5, 5.41) is 13.9. The summed E-state index contributed by atoms with van der Waals surface area (Å²) in [6.45, 7) is 5.83. The van der Waals surface area contributed by atoms with E-state index in [1.807, 2.05) is 19.6 Å². The summed E-state index contributed by atoms with van der Waals surface area (Å²) in [5.41, 5.74) is 1.28. The fourth-order valence-electron chi connectivity index (χ4n) is 3.64. The molecule has 2 rings (SSSR count). The molecule has 0 heterocycles. The largest absolute Gasteiger partial charge is 0.481 e. The quantitative estimate of drug-likeness (QED) is 0.297. The Morgan fingerprint density at radius 3 is 2.09 bits per heavy atom. The van der Waals surface area contributed by atoms with Gasteiger partial charge in [-0.05, 0) is 36.1 Å². The van der Waals surface area contributed by atoms with Crippen molar-refractivity contribution in [3.05, 3.63) is 59.2 Å². The standard InChI is InChI=1S/C25H32F2N2O5Si/c1-34-15-16-9-11-17(12-10-16)23(29-21(30)7-5-6-8-22(31)32)25(33)28-18-13-19(26)24(20(27)14-18)35(2,3)4/h9-14,23H,5-8,15H2,1-4H3,(H,28,33)(H,29,30)(H,31,32)/t23-/m1/s1. The molecular formula is C25H32F2N2O5Si. The molecule has 0 saturated heterocycles. The number of hydrogen-bond acceptors (Lipinski definition) is 4. The van der Waals surface area contributed by atoms with E-state index in [1.54, 1.807) is 31.4 Å². The van der Waals surface area contributed by atoms with Gasteiger partial charge in [-0.15, -0.1) is 0 Å². The topological polar surface area (TPSA) is 105 Å². The Balaban J connectivity index is 2.24. The molecule has 0 aliphatic heterocycles. The van der Waals surface area contributed by atoms with Gasteiger partial charge in [-0.3, -0.25) is 14.4 Å². The molecule has 10 heteroatoms. The number of carboxylic acid groups (broad SMARTS) is 1. The molecular weight excluding hydrogens is 474 g/mol. The number of unbranched alkanes of at least 4 members (excludes halogenated alkanes) is 1. The minimum absolute atomic E-state index is 0.0347. The fourth-order valence-corrected chi connectivity index (χ4v) is 5.22. The molecule has 1 atom stereocenters. The highest BCUT2D eigenvalue weighted by Gasteiger charge is 2.27. The van der Waals surface area contributed by atoms with E-state index in [9.17, 15) is 23.2 Å². The van der Waals surface area contributed by atoms with Gasteiger partial charge in [-0.25, -0.2) is 8.78 Å². The lowest BCUT2D eigenvalue weighted by Crippen LogP contribution is -2.42. The number of ether oxygens (including phenoxy) is 1. The van der Waals surface area contributed by atoms with Crippen LogP contribution >= 0.6 is 0 Å². The number of hydrogen-bond donors (Lipinski definition) is 3. The minimum atomic E-state index is -2.28. The molecule has 0 unspecified atom stereocenters. The van der Waals surface area contributed by atoms with Gasteiger partial charge < -0.3 is 20.5 Å². The van der Waals surface area contributed by atoms with Crippen LogP contribution < -0.4 is 15.8 Å². The number of amides is 2. The van der Waals surface area contributed by atoms with Crippen molar-refractivity contribution in [2.75, 3.05) is 12.4 Å². The van der Waals surface area contributed by atoms with E-state index in [4.69, 9.17) is 9.84 Å². The maximum absolute atomic E-state index is 14.7. The van der Waals surface area contributed by atoms with Crippen molar-refractivity contribution in [2.24, 2.45) is 0 Å². The van der Waals surface area contributed by atoms with Crippen molar-refractivity contribution >= 4 is 36.7 Å².